The van der Waals surface area contributed by atoms with E-state index in [-0.39, 0.29) is 0 Å². The molecule has 15 heavy (non-hydrogen) atoms. The number of rotatable bonds is 1. The normalized spacial score (nSPS) is 10.9. The molecule has 0 amide bonds. The monoisotopic (exact) mass is 200 g/mol. The second-order valence-corrected chi connectivity index (χ2v) is 3.33. The van der Waals surface area contributed by atoms with E-state index in [0.29, 0.717) is 5.69 Å². The molecule has 0 aliphatic heterocycles. The highest BCUT2D eigenvalue weighted by Gasteiger charge is 2.05. The Morgan fingerprint density at radius 1 is 1.07 bits per heavy atom. The van der Waals surface area contributed by atoms with Crippen molar-refractivity contribution in [3.8, 4) is 11.4 Å². The first-order chi connectivity index (χ1) is 7.33. The lowest BCUT2D eigenvalue weighted by Gasteiger charge is -1.87. The van der Waals surface area contributed by atoms with Crippen LogP contribution in [-0.4, -0.2) is 9.97 Å². The second kappa shape index (κ2) is 2.88. The van der Waals surface area contributed by atoms with Crippen LogP contribution in [0.25, 0.3) is 22.3 Å². The minimum Gasteiger partial charge on any atom is -0.416 e. The van der Waals surface area contributed by atoms with Crippen LogP contribution in [0.5, 0.6) is 0 Å². The topological polar surface area (TPSA) is 61.8 Å². The van der Waals surface area contributed by atoms with E-state index >= 15 is 0 Å². The number of aromatic amines is 2. The molecule has 0 saturated carbocycles. The number of fused-ring (bicyclic) bond motifs is 1. The molecule has 0 atom stereocenters. The van der Waals surface area contributed by atoms with Crippen molar-refractivity contribution in [3.05, 3.63) is 47.1 Å². The second-order valence-electron chi connectivity index (χ2n) is 3.33. The van der Waals surface area contributed by atoms with Crippen LogP contribution in [0.3, 0.4) is 0 Å². The van der Waals surface area contributed by atoms with Crippen LogP contribution in [0.2, 0.25) is 0 Å². The van der Waals surface area contributed by atoms with Gasteiger partial charge in [0.1, 0.15) is 12.0 Å². The van der Waals surface area contributed by atoms with E-state index in [2.05, 4.69) is 14.4 Å². The molecule has 0 aliphatic rings. The van der Waals surface area contributed by atoms with Gasteiger partial charge in [0, 0.05) is 10.9 Å². The van der Waals surface area contributed by atoms with Crippen molar-refractivity contribution in [1.82, 2.24) is 9.97 Å². The zero-order valence-corrected chi connectivity index (χ0v) is 7.78. The smallest absolute Gasteiger partial charge is 0.416 e. The Labute approximate surface area is 84.6 Å². The fourth-order valence-corrected chi connectivity index (χ4v) is 1.63. The molecule has 0 radical (unpaired) electrons. The van der Waals surface area contributed by atoms with Gasteiger partial charge < -0.3 is 9.40 Å². The number of oxazole rings is 1. The van der Waals surface area contributed by atoms with Gasteiger partial charge in [0.25, 0.3) is 0 Å². The SMILES string of the molecule is O=c1[nH]c(-c2cc3ccccc3[nH]2)co1. The fraction of sp³-hybridized carbons (Fsp3) is 0. The highest BCUT2D eigenvalue weighted by molar-refractivity contribution is 5.84. The minimum absolute atomic E-state index is 0.441. The maximum atomic E-state index is 10.8. The average Bonchev–Trinajstić information content (AvgIpc) is 2.82. The predicted molar refractivity (Wildman–Crippen MR) is 56.6 cm³/mol. The highest BCUT2D eigenvalue weighted by atomic mass is 16.4. The van der Waals surface area contributed by atoms with Gasteiger partial charge in [-0.3, -0.25) is 4.98 Å². The third-order valence-corrected chi connectivity index (χ3v) is 2.34. The standard InChI is InChI=1S/C11H8N2O2/c14-11-13-10(6-15-11)9-5-7-3-1-2-4-8(7)12-9/h1-6,12H,(H,13,14). The molecule has 0 spiro atoms. The molecule has 0 bridgehead atoms. The van der Waals surface area contributed by atoms with E-state index in [1.807, 2.05) is 30.3 Å². The number of H-pyrrole nitrogens is 2. The Morgan fingerprint density at radius 3 is 2.67 bits per heavy atom. The molecule has 74 valence electrons. The summed E-state index contributed by atoms with van der Waals surface area (Å²) in [6.45, 7) is 0. The summed E-state index contributed by atoms with van der Waals surface area (Å²) in [5, 5.41) is 1.11. The number of aromatic nitrogens is 2. The summed E-state index contributed by atoms with van der Waals surface area (Å²) in [6.07, 6.45) is 1.41. The Balaban J connectivity index is 2.24. The number of para-hydroxylation sites is 1. The van der Waals surface area contributed by atoms with E-state index in [0.717, 1.165) is 16.6 Å². The first-order valence-corrected chi connectivity index (χ1v) is 4.59. The van der Waals surface area contributed by atoms with Crippen molar-refractivity contribution in [2.24, 2.45) is 0 Å². The van der Waals surface area contributed by atoms with Crippen LogP contribution in [0.4, 0.5) is 0 Å². The van der Waals surface area contributed by atoms with Crippen molar-refractivity contribution in [2.45, 2.75) is 0 Å². The largest absolute Gasteiger partial charge is 0.416 e. The Hall–Kier alpha value is -2.23. The quantitative estimate of drug-likeness (QED) is 0.632. The van der Waals surface area contributed by atoms with Gasteiger partial charge in [-0.05, 0) is 12.1 Å². The summed E-state index contributed by atoms with van der Waals surface area (Å²) in [6, 6.07) is 9.89. The Morgan fingerprint density at radius 2 is 1.93 bits per heavy atom. The summed E-state index contributed by atoms with van der Waals surface area (Å²) in [7, 11) is 0. The lowest BCUT2D eigenvalue weighted by Crippen LogP contribution is -1.94. The molecule has 3 rings (SSSR count). The average molecular weight is 200 g/mol. The minimum atomic E-state index is -0.441. The van der Waals surface area contributed by atoms with Gasteiger partial charge in [-0.15, -0.1) is 0 Å². The summed E-state index contributed by atoms with van der Waals surface area (Å²) in [5.41, 5.74) is 2.55. The molecular weight excluding hydrogens is 192 g/mol. The molecule has 0 unspecified atom stereocenters. The van der Waals surface area contributed by atoms with Crippen LogP contribution < -0.4 is 5.76 Å². The number of benzene rings is 1. The van der Waals surface area contributed by atoms with Crippen molar-refractivity contribution in [2.75, 3.05) is 0 Å². The number of hydrogen-bond donors (Lipinski definition) is 2. The molecule has 0 fully saturated rings. The van der Waals surface area contributed by atoms with Crippen LogP contribution in [0.1, 0.15) is 0 Å². The number of hydrogen-bond acceptors (Lipinski definition) is 2. The van der Waals surface area contributed by atoms with E-state index in [1.54, 1.807) is 0 Å². The molecular formula is C11H8N2O2. The van der Waals surface area contributed by atoms with Crippen LogP contribution in [0, 0.1) is 0 Å². The molecule has 0 saturated heterocycles. The Bertz CT molecular complexity index is 627. The maximum Gasteiger partial charge on any atom is 0.416 e. The molecule has 2 heterocycles. The zero-order chi connectivity index (χ0) is 10.3. The van der Waals surface area contributed by atoms with E-state index in [4.69, 9.17) is 0 Å². The van der Waals surface area contributed by atoms with Crippen LogP contribution >= 0.6 is 0 Å². The Kier molecular flexibility index (Phi) is 1.56. The maximum absolute atomic E-state index is 10.8. The summed E-state index contributed by atoms with van der Waals surface area (Å²) in [4.78, 5) is 16.6. The van der Waals surface area contributed by atoms with Crippen molar-refractivity contribution in [3.63, 3.8) is 0 Å². The lowest BCUT2D eigenvalue weighted by atomic mass is 10.2. The third-order valence-electron chi connectivity index (χ3n) is 2.34. The van der Waals surface area contributed by atoms with Crippen LogP contribution in [-0.2, 0) is 0 Å². The highest BCUT2D eigenvalue weighted by Crippen LogP contribution is 2.21. The van der Waals surface area contributed by atoms with Crippen molar-refractivity contribution < 1.29 is 4.42 Å². The molecule has 2 aromatic heterocycles. The van der Waals surface area contributed by atoms with Gasteiger partial charge in [0.05, 0.1) is 5.69 Å². The molecule has 4 nitrogen and oxygen atoms in total. The van der Waals surface area contributed by atoms with E-state index < -0.39 is 5.76 Å². The molecule has 3 aromatic rings. The van der Waals surface area contributed by atoms with Gasteiger partial charge in [0.15, 0.2) is 0 Å². The van der Waals surface area contributed by atoms with Crippen molar-refractivity contribution in [1.29, 1.82) is 0 Å². The van der Waals surface area contributed by atoms with Crippen LogP contribution in [0.15, 0.2) is 45.8 Å². The molecule has 0 aliphatic carbocycles. The summed E-state index contributed by atoms with van der Waals surface area (Å²) < 4.78 is 4.68. The molecule has 2 N–H and O–H groups in total. The lowest BCUT2D eigenvalue weighted by molar-refractivity contribution is 0.515. The summed E-state index contributed by atoms with van der Waals surface area (Å²) >= 11 is 0. The first-order valence-electron chi connectivity index (χ1n) is 4.59. The predicted octanol–water partition coefficient (Wildman–Crippen LogP) is 2.12. The first kappa shape index (κ1) is 8.11. The number of nitrogens with one attached hydrogen (secondary N) is 2. The van der Waals surface area contributed by atoms with E-state index in [9.17, 15) is 4.79 Å². The van der Waals surface area contributed by atoms with Gasteiger partial charge in [0.2, 0.25) is 0 Å². The van der Waals surface area contributed by atoms with Gasteiger partial charge in [-0.1, -0.05) is 18.2 Å². The molecule has 1 aromatic carbocycles. The zero-order valence-electron chi connectivity index (χ0n) is 7.78. The summed E-state index contributed by atoms with van der Waals surface area (Å²) in [5.74, 6) is -0.441. The fourth-order valence-electron chi connectivity index (χ4n) is 1.63. The molecule has 4 heteroatoms. The van der Waals surface area contributed by atoms with Gasteiger partial charge in [-0.25, -0.2) is 4.79 Å². The van der Waals surface area contributed by atoms with Gasteiger partial charge >= 0.3 is 5.76 Å². The van der Waals surface area contributed by atoms with Gasteiger partial charge in [-0.2, -0.15) is 0 Å². The third kappa shape index (κ3) is 1.27. The van der Waals surface area contributed by atoms with Crippen molar-refractivity contribution >= 4 is 10.9 Å². The van der Waals surface area contributed by atoms with E-state index in [1.165, 1.54) is 6.26 Å².